The fourth-order valence-electron chi connectivity index (χ4n) is 1.37. The second-order valence-electron chi connectivity index (χ2n) is 5.34. The molecule has 0 aliphatic heterocycles. The summed E-state index contributed by atoms with van der Waals surface area (Å²) >= 11 is 4.57. The molecule has 4 nitrogen and oxygen atoms in total. The molecular formula is C12H15F3N2O2S2. The van der Waals surface area contributed by atoms with E-state index in [4.69, 9.17) is 5.73 Å². The summed E-state index contributed by atoms with van der Waals surface area (Å²) in [5.41, 5.74) is 3.62. The second-order valence-corrected chi connectivity index (χ2v) is 8.22. The van der Waals surface area contributed by atoms with Crippen molar-refractivity contribution in [3.63, 3.8) is 0 Å². The van der Waals surface area contributed by atoms with E-state index in [0.717, 1.165) is 6.07 Å². The van der Waals surface area contributed by atoms with E-state index in [0.29, 0.717) is 6.07 Å². The molecule has 0 amide bonds. The Kier molecular flexibility index (Phi) is 4.59. The van der Waals surface area contributed by atoms with Crippen molar-refractivity contribution in [1.82, 2.24) is 0 Å². The van der Waals surface area contributed by atoms with Crippen molar-refractivity contribution >= 4 is 32.9 Å². The lowest BCUT2D eigenvalue weighted by atomic mass is 10.1. The number of rotatable bonds is 3. The zero-order chi connectivity index (χ0) is 16.6. The molecule has 0 fully saturated rings. The lowest BCUT2D eigenvalue weighted by Crippen LogP contribution is -2.33. The van der Waals surface area contributed by atoms with Gasteiger partial charge in [-0.2, -0.15) is 13.2 Å². The summed E-state index contributed by atoms with van der Waals surface area (Å²) in [7, 11) is -3.83. The molecule has 118 valence electrons. The largest absolute Gasteiger partial charge is 0.417 e. The van der Waals surface area contributed by atoms with Crippen LogP contribution in [0.25, 0.3) is 0 Å². The number of sulfonamides is 1. The smallest absolute Gasteiger partial charge is 0.389 e. The molecule has 0 aliphatic carbocycles. The summed E-state index contributed by atoms with van der Waals surface area (Å²) in [6.45, 7) is 4.30. The highest BCUT2D eigenvalue weighted by Gasteiger charge is 2.35. The molecule has 0 atom stereocenters. The zero-order valence-corrected chi connectivity index (χ0v) is 13.2. The molecule has 3 N–H and O–H groups in total. The van der Waals surface area contributed by atoms with Gasteiger partial charge in [0, 0.05) is 11.3 Å². The fourth-order valence-corrected chi connectivity index (χ4v) is 2.29. The third-order valence-electron chi connectivity index (χ3n) is 2.65. The summed E-state index contributed by atoms with van der Waals surface area (Å²) in [6.07, 6.45) is -4.69. The highest BCUT2D eigenvalue weighted by molar-refractivity contribution is 7.94. The molecule has 0 spiro atoms. The number of nitrogens with two attached hydrogens (primary N) is 1. The topological polar surface area (TPSA) is 72.2 Å². The van der Waals surface area contributed by atoms with Gasteiger partial charge in [0.05, 0.1) is 10.3 Å². The van der Waals surface area contributed by atoms with Crippen LogP contribution >= 0.6 is 12.2 Å². The minimum absolute atomic E-state index is 0.197. The maximum Gasteiger partial charge on any atom is 0.417 e. The van der Waals surface area contributed by atoms with Gasteiger partial charge in [0.2, 0.25) is 10.0 Å². The molecule has 0 aliphatic rings. The monoisotopic (exact) mass is 340 g/mol. The van der Waals surface area contributed by atoms with E-state index < -0.39 is 31.5 Å². The van der Waals surface area contributed by atoms with Gasteiger partial charge >= 0.3 is 6.18 Å². The molecular weight excluding hydrogens is 325 g/mol. The average Bonchev–Trinajstić information content (AvgIpc) is 2.25. The average molecular weight is 340 g/mol. The fraction of sp³-hybridized carbons (Fsp3) is 0.417. The molecule has 0 unspecified atom stereocenters. The van der Waals surface area contributed by atoms with Gasteiger partial charge in [0.25, 0.3) is 0 Å². The van der Waals surface area contributed by atoms with E-state index in [1.54, 1.807) is 0 Å². The van der Waals surface area contributed by atoms with Crippen LogP contribution < -0.4 is 10.5 Å². The highest BCUT2D eigenvalue weighted by atomic mass is 32.2. The summed E-state index contributed by atoms with van der Waals surface area (Å²) < 4.78 is 63.8. The Hall–Kier alpha value is -1.35. The Bertz CT molecular complexity index is 662. The minimum Gasteiger partial charge on any atom is -0.389 e. The number of halogens is 3. The predicted molar refractivity (Wildman–Crippen MR) is 79.6 cm³/mol. The molecule has 1 aromatic rings. The first-order valence-corrected chi connectivity index (χ1v) is 7.68. The number of nitrogens with one attached hydrogen (secondary N) is 1. The van der Waals surface area contributed by atoms with Crippen LogP contribution in [0.1, 0.15) is 31.9 Å². The molecule has 1 aromatic carbocycles. The third kappa shape index (κ3) is 4.07. The van der Waals surface area contributed by atoms with E-state index in [1.165, 1.54) is 26.8 Å². The van der Waals surface area contributed by atoms with Gasteiger partial charge in [0.1, 0.15) is 4.99 Å². The summed E-state index contributed by atoms with van der Waals surface area (Å²) in [4.78, 5) is -0.410. The van der Waals surface area contributed by atoms with Crippen LogP contribution in [0.2, 0.25) is 0 Å². The van der Waals surface area contributed by atoms with Gasteiger partial charge in [-0.15, -0.1) is 0 Å². The maximum absolute atomic E-state index is 13.0. The summed E-state index contributed by atoms with van der Waals surface area (Å²) in [6, 6.07) is 2.91. The molecule has 0 aromatic heterocycles. The summed E-state index contributed by atoms with van der Waals surface area (Å²) in [5.74, 6) is 0. The van der Waals surface area contributed by atoms with Crippen molar-refractivity contribution in [2.24, 2.45) is 5.73 Å². The molecule has 0 saturated heterocycles. The lowest BCUT2D eigenvalue weighted by molar-refractivity contribution is -0.137. The van der Waals surface area contributed by atoms with E-state index in [9.17, 15) is 21.6 Å². The van der Waals surface area contributed by atoms with Crippen molar-refractivity contribution in [2.45, 2.75) is 31.7 Å². The molecule has 0 bridgehead atoms. The number of hydrogen-bond acceptors (Lipinski definition) is 3. The number of alkyl halides is 3. The second kappa shape index (κ2) is 5.45. The van der Waals surface area contributed by atoms with Crippen LogP contribution in [0.5, 0.6) is 0 Å². The van der Waals surface area contributed by atoms with Crippen molar-refractivity contribution in [2.75, 3.05) is 4.72 Å². The standard InChI is InChI=1S/C12H15F3N2O2S2/c1-11(2,3)21(18,19)17-7-4-5-8(10(16)20)9(6-7)12(13,14)15/h4-6,17H,1-3H3,(H2,16,20). The molecule has 21 heavy (non-hydrogen) atoms. The first-order chi connectivity index (χ1) is 9.25. The van der Waals surface area contributed by atoms with Crippen LogP contribution in [0, 0.1) is 0 Å². The Morgan fingerprint density at radius 3 is 2.14 bits per heavy atom. The molecule has 0 saturated carbocycles. The zero-order valence-electron chi connectivity index (χ0n) is 11.6. The molecule has 0 radical (unpaired) electrons. The number of thiocarbonyl (C=S) groups is 1. The van der Waals surface area contributed by atoms with E-state index >= 15 is 0 Å². The van der Waals surface area contributed by atoms with Gasteiger partial charge in [-0.3, -0.25) is 4.72 Å². The Morgan fingerprint density at radius 1 is 1.24 bits per heavy atom. The van der Waals surface area contributed by atoms with Crippen LogP contribution in [0.3, 0.4) is 0 Å². The first-order valence-electron chi connectivity index (χ1n) is 5.79. The Labute approximate surface area is 126 Å². The molecule has 1 rings (SSSR count). The van der Waals surface area contributed by atoms with Crippen molar-refractivity contribution < 1.29 is 21.6 Å². The van der Waals surface area contributed by atoms with Crippen LogP contribution in [0.15, 0.2) is 18.2 Å². The van der Waals surface area contributed by atoms with E-state index in [2.05, 4.69) is 16.9 Å². The SMILES string of the molecule is CC(C)(C)S(=O)(=O)Nc1ccc(C(N)=S)c(C(F)(F)F)c1. The normalized spacial score (nSPS) is 13.0. The predicted octanol–water partition coefficient (Wildman–Crippen LogP) is 2.88. The molecule has 9 heteroatoms. The van der Waals surface area contributed by atoms with E-state index in [1.807, 2.05) is 0 Å². The minimum atomic E-state index is -4.69. The molecule has 0 heterocycles. The number of hydrogen-bond donors (Lipinski definition) is 2. The number of benzene rings is 1. The van der Waals surface area contributed by atoms with Crippen molar-refractivity contribution in [1.29, 1.82) is 0 Å². The van der Waals surface area contributed by atoms with Gasteiger partial charge < -0.3 is 5.73 Å². The van der Waals surface area contributed by atoms with Crippen molar-refractivity contribution in [3.8, 4) is 0 Å². The number of anilines is 1. The summed E-state index contributed by atoms with van der Waals surface area (Å²) in [5, 5.41) is 0. The van der Waals surface area contributed by atoms with Crippen LogP contribution in [0.4, 0.5) is 18.9 Å². The van der Waals surface area contributed by atoms with Gasteiger partial charge in [0.15, 0.2) is 0 Å². The van der Waals surface area contributed by atoms with Gasteiger partial charge in [-0.05, 0) is 39.0 Å². The Balaban J connectivity index is 3.34. The quantitative estimate of drug-likeness (QED) is 0.830. The van der Waals surface area contributed by atoms with Crippen LogP contribution in [-0.2, 0) is 16.2 Å². The van der Waals surface area contributed by atoms with Crippen molar-refractivity contribution in [3.05, 3.63) is 29.3 Å². The van der Waals surface area contributed by atoms with Gasteiger partial charge in [-0.1, -0.05) is 12.2 Å². The third-order valence-corrected chi connectivity index (χ3v) is 4.99. The highest BCUT2D eigenvalue weighted by Crippen LogP contribution is 2.34. The van der Waals surface area contributed by atoms with Crippen LogP contribution in [-0.4, -0.2) is 18.2 Å². The lowest BCUT2D eigenvalue weighted by Gasteiger charge is -2.21. The maximum atomic E-state index is 13.0. The van der Waals surface area contributed by atoms with Gasteiger partial charge in [-0.25, -0.2) is 8.42 Å². The Morgan fingerprint density at radius 2 is 1.76 bits per heavy atom. The van der Waals surface area contributed by atoms with E-state index in [-0.39, 0.29) is 11.3 Å². The first kappa shape index (κ1) is 17.7.